The predicted octanol–water partition coefficient (Wildman–Crippen LogP) is 2.20. The van der Waals surface area contributed by atoms with Crippen LogP contribution in [0.2, 0.25) is 0 Å². The van der Waals surface area contributed by atoms with E-state index < -0.39 is 22.0 Å². The summed E-state index contributed by atoms with van der Waals surface area (Å²) in [6.07, 6.45) is -1.98. The Bertz CT molecular complexity index is 499. The van der Waals surface area contributed by atoms with Crippen molar-refractivity contribution in [3.8, 4) is 0 Å². The van der Waals surface area contributed by atoms with Crippen molar-refractivity contribution in [3.63, 3.8) is 0 Å². The zero-order valence-corrected chi connectivity index (χ0v) is 11.0. The van der Waals surface area contributed by atoms with Gasteiger partial charge < -0.3 is 0 Å². The molecule has 0 saturated heterocycles. The maximum atomic E-state index is 12.3. The summed E-state index contributed by atoms with van der Waals surface area (Å²) >= 11 is 0. The standard InChI is InChI=1S/C9H13ClF2N2O2S/c1-3-6-9(17(10,15)16)7(4-2)14(13-6)5-8(11)12/h8H,3-5H2,1-2H3. The second-order valence-corrected chi connectivity index (χ2v) is 5.94. The van der Waals surface area contributed by atoms with Crippen molar-refractivity contribution < 1.29 is 17.2 Å². The third-order valence-electron chi connectivity index (χ3n) is 2.30. The first-order valence-electron chi connectivity index (χ1n) is 5.12. The number of hydrogen-bond acceptors (Lipinski definition) is 3. The molecule has 0 atom stereocenters. The van der Waals surface area contributed by atoms with Crippen molar-refractivity contribution >= 4 is 19.7 Å². The lowest BCUT2D eigenvalue weighted by atomic mass is 10.2. The Labute approximate surface area is 103 Å². The van der Waals surface area contributed by atoms with Crippen LogP contribution in [0, 0.1) is 0 Å². The molecular weight excluding hydrogens is 274 g/mol. The van der Waals surface area contributed by atoms with Gasteiger partial charge in [-0.3, -0.25) is 4.68 Å². The highest BCUT2D eigenvalue weighted by Crippen LogP contribution is 2.25. The van der Waals surface area contributed by atoms with E-state index in [0.717, 1.165) is 4.68 Å². The van der Waals surface area contributed by atoms with Crippen molar-refractivity contribution in [2.24, 2.45) is 0 Å². The molecular formula is C9H13ClF2N2O2S. The third-order valence-corrected chi connectivity index (χ3v) is 3.72. The van der Waals surface area contributed by atoms with Crippen LogP contribution < -0.4 is 0 Å². The van der Waals surface area contributed by atoms with E-state index in [2.05, 4.69) is 5.10 Å². The molecule has 0 bridgehead atoms. The number of hydrogen-bond donors (Lipinski definition) is 0. The fourth-order valence-corrected chi connectivity index (χ4v) is 3.20. The average Bonchev–Trinajstić information content (AvgIpc) is 2.54. The Morgan fingerprint density at radius 3 is 2.29 bits per heavy atom. The second-order valence-electron chi connectivity index (χ2n) is 3.44. The summed E-state index contributed by atoms with van der Waals surface area (Å²) in [6.45, 7) is 2.74. The topological polar surface area (TPSA) is 52.0 Å². The van der Waals surface area contributed by atoms with E-state index in [1.807, 2.05) is 0 Å². The molecule has 8 heteroatoms. The Kier molecular flexibility index (Phi) is 4.48. The van der Waals surface area contributed by atoms with Crippen LogP contribution in [0.1, 0.15) is 25.2 Å². The zero-order chi connectivity index (χ0) is 13.2. The van der Waals surface area contributed by atoms with Crippen LogP contribution in [0.5, 0.6) is 0 Å². The van der Waals surface area contributed by atoms with Gasteiger partial charge in [-0.2, -0.15) is 5.10 Å². The first kappa shape index (κ1) is 14.4. The molecule has 98 valence electrons. The number of nitrogens with zero attached hydrogens (tertiary/aromatic N) is 2. The van der Waals surface area contributed by atoms with Gasteiger partial charge in [-0.15, -0.1) is 0 Å². The fourth-order valence-electron chi connectivity index (χ4n) is 1.67. The summed E-state index contributed by atoms with van der Waals surface area (Å²) in [5, 5.41) is 3.88. The molecule has 0 aliphatic carbocycles. The van der Waals surface area contributed by atoms with Crippen molar-refractivity contribution in [2.45, 2.75) is 44.6 Å². The number of aromatic nitrogens is 2. The lowest BCUT2D eigenvalue weighted by Crippen LogP contribution is -2.12. The van der Waals surface area contributed by atoms with Crippen LogP contribution in [0.4, 0.5) is 8.78 Å². The molecule has 1 rings (SSSR count). The largest absolute Gasteiger partial charge is 0.264 e. The molecule has 0 spiro atoms. The van der Waals surface area contributed by atoms with E-state index in [9.17, 15) is 17.2 Å². The van der Waals surface area contributed by atoms with E-state index >= 15 is 0 Å². The molecule has 0 radical (unpaired) electrons. The normalized spacial score (nSPS) is 12.4. The smallest absolute Gasteiger partial charge is 0.262 e. The lowest BCUT2D eigenvalue weighted by molar-refractivity contribution is 0.120. The first-order chi connectivity index (χ1) is 7.81. The van der Waals surface area contributed by atoms with Gasteiger partial charge >= 0.3 is 0 Å². The third kappa shape index (κ3) is 3.16. The first-order valence-corrected chi connectivity index (χ1v) is 7.43. The highest BCUT2D eigenvalue weighted by molar-refractivity contribution is 8.13. The Morgan fingerprint density at radius 1 is 1.35 bits per heavy atom. The van der Waals surface area contributed by atoms with Crippen LogP contribution in [0.25, 0.3) is 0 Å². The molecule has 0 saturated carbocycles. The molecule has 0 unspecified atom stereocenters. The summed E-state index contributed by atoms with van der Waals surface area (Å²) < 4.78 is 48.5. The number of halogens is 3. The monoisotopic (exact) mass is 286 g/mol. The highest BCUT2D eigenvalue weighted by Gasteiger charge is 2.26. The van der Waals surface area contributed by atoms with Gasteiger partial charge in [0.1, 0.15) is 11.4 Å². The minimum Gasteiger partial charge on any atom is -0.262 e. The van der Waals surface area contributed by atoms with Gasteiger partial charge in [0.05, 0.1) is 11.4 Å². The van der Waals surface area contributed by atoms with Crippen LogP contribution >= 0.6 is 10.7 Å². The van der Waals surface area contributed by atoms with Gasteiger partial charge in [0.25, 0.3) is 15.5 Å². The van der Waals surface area contributed by atoms with Gasteiger partial charge in [0.2, 0.25) is 0 Å². The van der Waals surface area contributed by atoms with Crippen molar-refractivity contribution in [1.29, 1.82) is 0 Å². The number of aryl methyl sites for hydroxylation is 1. The molecule has 0 N–H and O–H groups in total. The van der Waals surface area contributed by atoms with Crippen molar-refractivity contribution in [3.05, 3.63) is 11.4 Å². The molecule has 0 aliphatic heterocycles. The molecule has 17 heavy (non-hydrogen) atoms. The summed E-state index contributed by atoms with van der Waals surface area (Å²) in [7, 11) is 1.35. The van der Waals surface area contributed by atoms with Gasteiger partial charge in [-0.05, 0) is 12.8 Å². The minimum atomic E-state index is -3.96. The summed E-state index contributed by atoms with van der Waals surface area (Å²) in [6, 6.07) is 0. The lowest BCUT2D eigenvalue weighted by Gasteiger charge is -2.05. The van der Waals surface area contributed by atoms with Gasteiger partial charge in [0, 0.05) is 10.7 Å². The Balaban J connectivity index is 3.41. The summed E-state index contributed by atoms with van der Waals surface area (Å²) in [5.74, 6) is 0. The second kappa shape index (κ2) is 5.30. The Morgan fingerprint density at radius 2 is 1.94 bits per heavy atom. The zero-order valence-electron chi connectivity index (χ0n) is 9.45. The van der Waals surface area contributed by atoms with E-state index in [-0.39, 0.29) is 22.7 Å². The quantitative estimate of drug-likeness (QED) is 0.780. The summed E-state index contributed by atoms with van der Waals surface area (Å²) in [4.78, 5) is -0.121. The van der Waals surface area contributed by atoms with E-state index in [1.165, 1.54) is 0 Å². The molecule has 0 amide bonds. The van der Waals surface area contributed by atoms with Crippen LogP contribution in [-0.2, 0) is 28.4 Å². The average molecular weight is 287 g/mol. The number of alkyl halides is 2. The molecule has 0 aromatic carbocycles. The van der Waals surface area contributed by atoms with E-state index in [0.29, 0.717) is 6.42 Å². The van der Waals surface area contributed by atoms with Crippen molar-refractivity contribution in [2.75, 3.05) is 0 Å². The molecule has 1 aromatic rings. The molecule has 1 heterocycles. The van der Waals surface area contributed by atoms with Gasteiger partial charge in [0.15, 0.2) is 0 Å². The maximum Gasteiger partial charge on any atom is 0.264 e. The maximum absolute atomic E-state index is 12.3. The van der Waals surface area contributed by atoms with E-state index in [1.54, 1.807) is 13.8 Å². The molecule has 4 nitrogen and oxygen atoms in total. The fraction of sp³-hybridized carbons (Fsp3) is 0.667. The van der Waals surface area contributed by atoms with Crippen LogP contribution in [0.3, 0.4) is 0 Å². The minimum absolute atomic E-state index is 0.121. The molecule has 0 aliphatic rings. The van der Waals surface area contributed by atoms with Crippen LogP contribution in [-0.4, -0.2) is 24.6 Å². The molecule has 1 aromatic heterocycles. The van der Waals surface area contributed by atoms with Crippen LogP contribution in [0.15, 0.2) is 4.90 Å². The van der Waals surface area contributed by atoms with Crippen molar-refractivity contribution in [1.82, 2.24) is 9.78 Å². The van der Waals surface area contributed by atoms with Gasteiger partial charge in [-0.25, -0.2) is 17.2 Å². The Hall–Kier alpha value is -0.690. The predicted molar refractivity (Wildman–Crippen MR) is 60.0 cm³/mol. The SMILES string of the molecule is CCc1nn(CC(F)F)c(CC)c1S(=O)(=O)Cl. The highest BCUT2D eigenvalue weighted by atomic mass is 35.7. The summed E-state index contributed by atoms with van der Waals surface area (Å²) in [5.41, 5.74) is 0.467. The molecule has 0 fully saturated rings. The number of rotatable bonds is 5. The van der Waals surface area contributed by atoms with Gasteiger partial charge in [-0.1, -0.05) is 13.8 Å². The van der Waals surface area contributed by atoms with E-state index in [4.69, 9.17) is 10.7 Å².